The summed E-state index contributed by atoms with van der Waals surface area (Å²) in [7, 11) is 1.38. The summed E-state index contributed by atoms with van der Waals surface area (Å²) in [6.45, 7) is 0. The standard InChI is InChI=1S/C14H16O5/c1-19-12-6-9(8-15)10(7-11(12)16)14(13(17)18)4-2-3-5-14/h6-8,16H,2-5H2,1H3,(H,17,18). The summed E-state index contributed by atoms with van der Waals surface area (Å²) in [6, 6.07) is 2.74. The molecule has 1 fully saturated rings. The first-order chi connectivity index (χ1) is 9.05. The van der Waals surface area contributed by atoms with Crippen molar-refractivity contribution in [2.45, 2.75) is 31.1 Å². The van der Waals surface area contributed by atoms with Crippen LogP contribution in [0.2, 0.25) is 0 Å². The van der Waals surface area contributed by atoms with E-state index in [1.807, 2.05) is 0 Å². The molecular weight excluding hydrogens is 248 g/mol. The summed E-state index contributed by atoms with van der Waals surface area (Å²) in [5.41, 5.74) is -0.426. The third-order valence-electron chi connectivity index (χ3n) is 3.86. The lowest BCUT2D eigenvalue weighted by Crippen LogP contribution is -2.33. The van der Waals surface area contributed by atoms with Gasteiger partial charge in [0.25, 0.3) is 0 Å². The molecule has 5 nitrogen and oxygen atoms in total. The average Bonchev–Trinajstić information content (AvgIpc) is 2.89. The molecule has 0 bridgehead atoms. The molecule has 0 atom stereocenters. The monoisotopic (exact) mass is 264 g/mol. The molecule has 1 aliphatic carbocycles. The zero-order valence-electron chi connectivity index (χ0n) is 10.7. The van der Waals surface area contributed by atoms with Crippen LogP contribution in [0.5, 0.6) is 11.5 Å². The number of methoxy groups -OCH3 is 1. The molecule has 102 valence electrons. The topological polar surface area (TPSA) is 83.8 Å². The number of rotatable bonds is 4. The molecule has 0 spiro atoms. The molecule has 2 rings (SSSR count). The maximum Gasteiger partial charge on any atom is 0.314 e. The molecule has 19 heavy (non-hydrogen) atoms. The molecule has 0 heterocycles. The fraction of sp³-hybridized carbons (Fsp3) is 0.429. The van der Waals surface area contributed by atoms with Gasteiger partial charge in [0.1, 0.15) is 0 Å². The second kappa shape index (κ2) is 4.91. The van der Waals surface area contributed by atoms with Crippen LogP contribution in [0.1, 0.15) is 41.6 Å². The van der Waals surface area contributed by atoms with Gasteiger partial charge in [-0.15, -0.1) is 0 Å². The van der Waals surface area contributed by atoms with Crippen molar-refractivity contribution in [2.75, 3.05) is 7.11 Å². The summed E-state index contributed by atoms with van der Waals surface area (Å²) in [6.07, 6.45) is 3.18. The van der Waals surface area contributed by atoms with E-state index in [-0.39, 0.29) is 17.1 Å². The molecule has 0 radical (unpaired) electrons. The van der Waals surface area contributed by atoms with Crippen LogP contribution in [0.25, 0.3) is 0 Å². The highest BCUT2D eigenvalue weighted by molar-refractivity contribution is 5.88. The largest absolute Gasteiger partial charge is 0.504 e. The lowest BCUT2D eigenvalue weighted by Gasteiger charge is -2.26. The number of aliphatic carboxylic acids is 1. The van der Waals surface area contributed by atoms with Crippen LogP contribution in [0.15, 0.2) is 12.1 Å². The van der Waals surface area contributed by atoms with Crippen molar-refractivity contribution in [2.24, 2.45) is 0 Å². The number of ether oxygens (including phenoxy) is 1. The van der Waals surface area contributed by atoms with Crippen molar-refractivity contribution in [3.8, 4) is 11.5 Å². The Morgan fingerprint density at radius 1 is 1.37 bits per heavy atom. The Hall–Kier alpha value is -2.04. The van der Waals surface area contributed by atoms with Crippen molar-refractivity contribution < 1.29 is 24.5 Å². The van der Waals surface area contributed by atoms with Crippen molar-refractivity contribution in [1.29, 1.82) is 0 Å². The van der Waals surface area contributed by atoms with Gasteiger partial charge >= 0.3 is 5.97 Å². The molecule has 0 aromatic heterocycles. The molecule has 0 amide bonds. The summed E-state index contributed by atoms with van der Waals surface area (Å²) in [5.74, 6) is -0.919. The van der Waals surface area contributed by atoms with E-state index in [2.05, 4.69) is 0 Å². The van der Waals surface area contributed by atoms with Gasteiger partial charge in [-0.3, -0.25) is 9.59 Å². The number of aromatic hydroxyl groups is 1. The lowest BCUT2D eigenvalue weighted by molar-refractivity contribution is -0.143. The number of aldehydes is 1. The Bertz CT molecular complexity index is 515. The molecule has 5 heteroatoms. The molecule has 0 aliphatic heterocycles. The Balaban J connectivity index is 2.63. The van der Waals surface area contributed by atoms with Gasteiger partial charge in [0.05, 0.1) is 12.5 Å². The van der Waals surface area contributed by atoms with Gasteiger partial charge in [0.15, 0.2) is 17.8 Å². The van der Waals surface area contributed by atoms with E-state index < -0.39 is 11.4 Å². The number of benzene rings is 1. The SMILES string of the molecule is COc1cc(C=O)c(C2(C(=O)O)CCCC2)cc1O. The molecule has 1 aromatic carbocycles. The Morgan fingerprint density at radius 2 is 2.00 bits per heavy atom. The molecule has 1 aromatic rings. The summed E-state index contributed by atoms with van der Waals surface area (Å²) in [4.78, 5) is 22.8. The molecule has 0 saturated heterocycles. The van der Waals surface area contributed by atoms with Crippen LogP contribution in [0, 0.1) is 0 Å². The van der Waals surface area contributed by atoms with Crippen LogP contribution < -0.4 is 4.74 Å². The maximum atomic E-state index is 11.6. The first-order valence-electron chi connectivity index (χ1n) is 6.15. The molecule has 1 aliphatic rings. The van der Waals surface area contributed by atoms with E-state index in [1.165, 1.54) is 19.2 Å². The molecular formula is C14H16O5. The molecule has 2 N–H and O–H groups in total. The number of phenolic OH excluding ortho intramolecular Hbond substituents is 1. The number of carboxylic acids is 1. The Morgan fingerprint density at radius 3 is 2.47 bits per heavy atom. The fourth-order valence-corrected chi connectivity index (χ4v) is 2.84. The van der Waals surface area contributed by atoms with E-state index in [0.717, 1.165) is 12.8 Å². The number of carbonyl (C=O) groups is 2. The maximum absolute atomic E-state index is 11.6. The Kier molecular flexibility index (Phi) is 3.46. The van der Waals surface area contributed by atoms with Crippen LogP contribution in [0.3, 0.4) is 0 Å². The third-order valence-corrected chi connectivity index (χ3v) is 3.86. The summed E-state index contributed by atoms with van der Waals surface area (Å²) < 4.78 is 4.94. The van der Waals surface area contributed by atoms with Gasteiger partial charge in [-0.05, 0) is 30.5 Å². The van der Waals surface area contributed by atoms with E-state index in [0.29, 0.717) is 24.7 Å². The second-order valence-electron chi connectivity index (χ2n) is 4.82. The highest BCUT2D eigenvalue weighted by Crippen LogP contribution is 2.45. The summed E-state index contributed by atoms with van der Waals surface area (Å²) in [5, 5.41) is 19.4. The van der Waals surface area contributed by atoms with Gasteiger partial charge < -0.3 is 14.9 Å². The van der Waals surface area contributed by atoms with Crippen molar-refractivity contribution in [3.05, 3.63) is 23.3 Å². The van der Waals surface area contributed by atoms with Gasteiger partial charge in [0.2, 0.25) is 0 Å². The second-order valence-corrected chi connectivity index (χ2v) is 4.82. The zero-order valence-corrected chi connectivity index (χ0v) is 10.7. The number of carboxylic acid groups (broad SMARTS) is 1. The van der Waals surface area contributed by atoms with E-state index in [1.54, 1.807) is 0 Å². The van der Waals surface area contributed by atoms with Gasteiger partial charge in [-0.1, -0.05) is 12.8 Å². The Labute approximate surface area is 110 Å². The minimum Gasteiger partial charge on any atom is -0.504 e. The van der Waals surface area contributed by atoms with E-state index >= 15 is 0 Å². The predicted molar refractivity (Wildman–Crippen MR) is 67.8 cm³/mol. The van der Waals surface area contributed by atoms with Gasteiger partial charge in [-0.2, -0.15) is 0 Å². The number of hydrogen-bond donors (Lipinski definition) is 2. The average molecular weight is 264 g/mol. The van der Waals surface area contributed by atoms with Crippen LogP contribution >= 0.6 is 0 Å². The first kappa shape index (κ1) is 13.4. The predicted octanol–water partition coefficient (Wildman–Crippen LogP) is 2.11. The number of phenols is 1. The van der Waals surface area contributed by atoms with Crippen molar-refractivity contribution in [3.63, 3.8) is 0 Å². The van der Waals surface area contributed by atoms with Gasteiger partial charge in [0, 0.05) is 5.56 Å². The fourth-order valence-electron chi connectivity index (χ4n) is 2.84. The van der Waals surface area contributed by atoms with Crippen LogP contribution in [-0.4, -0.2) is 29.6 Å². The number of hydrogen-bond acceptors (Lipinski definition) is 4. The lowest BCUT2D eigenvalue weighted by atomic mass is 9.76. The smallest absolute Gasteiger partial charge is 0.314 e. The minimum atomic E-state index is -1.07. The highest BCUT2D eigenvalue weighted by atomic mass is 16.5. The quantitative estimate of drug-likeness (QED) is 0.814. The van der Waals surface area contributed by atoms with Crippen LogP contribution in [0.4, 0.5) is 0 Å². The molecule has 1 saturated carbocycles. The van der Waals surface area contributed by atoms with Crippen LogP contribution in [-0.2, 0) is 10.2 Å². The summed E-state index contributed by atoms with van der Waals surface area (Å²) >= 11 is 0. The van der Waals surface area contributed by atoms with Crippen molar-refractivity contribution >= 4 is 12.3 Å². The third kappa shape index (κ3) is 2.05. The van der Waals surface area contributed by atoms with E-state index in [4.69, 9.17) is 4.74 Å². The normalized spacial score (nSPS) is 17.1. The molecule has 0 unspecified atom stereocenters. The highest BCUT2D eigenvalue weighted by Gasteiger charge is 2.44. The van der Waals surface area contributed by atoms with Gasteiger partial charge in [-0.25, -0.2) is 0 Å². The number of carbonyl (C=O) groups excluding carboxylic acids is 1. The first-order valence-corrected chi connectivity index (χ1v) is 6.15. The van der Waals surface area contributed by atoms with Crippen molar-refractivity contribution in [1.82, 2.24) is 0 Å². The minimum absolute atomic E-state index is 0.143. The zero-order chi connectivity index (χ0) is 14.0. The van der Waals surface area contributed by atoms with E-state index in [9.17, 15) is 19.8 Å².